The van der Waals surface area contributed by atoms with Crippen LogP contribution in [0.15, 0.2) is 18.2 Å². The highest BCUT2D eigenvalue weighted by Gasteiger charge is 2.22. The second-order valence-corrected chi connectivity index (χ2v) is 5.44. The molecule has 2 heterocycles. The number of halogens is 1. The lowest BCUT2D eigenvalue weighted by atomic mass is 9.93. The lowest BCUT2D eigenvalue weighted by Gasteiger charge is -2.14. The van der Waals surface area contributed by atoms with Crippen molar-refractivity contribution < 1.29 is 4.74 Å². The fraction of sp³-hybridized carbons (Fsp3) is 0.571. The molecular formula is C14H18ClNO. The van der Waals surface area contributed by atoms with E-state index in [0.717, 1.165) is 37.7 Å². The van der Waals surface area contributed by atoms with E-state index in [-0.39, 0.29) is 0 Å². The van der Waals surface area contributed by atoms with Gasteiger partial charge in [0.1, 0.15) is 0 Å². The number of benzene rings is 1. The Morgan fingerprint density at radius 1 is 1.24 bits per heavy atom. The van der Waals surface area contributed by atoms with Gasteiger partial charge in [-0.2, -0.15) is 0 Å². The van der Waals surface area contributed by atoms with Crippen molar-refractivity contribution in [3.8, 4) is 0 Å². The normalized spacial score (nSPS) is 28.8. The summed E-state index contributed by atoms with van der Waals surface area (Å²) in [5.74, 6) is 1.14. The smallest absolute Gasteiger partial charge is 0.0536 e. The lowest BCUT2D eigenvalue weighted by Crippen LogP contribution is -2.08. The highest BCUT2D eigenvalue weighted by Crippen LogP contribution is 2.33. The molecule has 17 heavy (non-hydrogen) atoms. The zero-order valence-electron chi connectivity index (χ0n) is 9.92. The molecule has 1 N–H and O–H groups in total. The van der Waals surface area contributed by atoms with Gasteiger partial charge in [0.05, 0.1) is 6.61 Å². The number of rotatable bonds is 2. The number of nitrogens with one attached hydrogen (secondary N) is 1. The standard InChI is InChI=1S/C14H18ClNO/c15-14-7-10(11-3-5-16-8-11)1-2-13(14)12-4-6-17-9-12/h1-2,7,11-12,16H,3-6,8-9H2. The summed E-state index contributed by atoms with van der Waals surface area (Å²) in [6, 6.07) is 6.61. The van der Waals surface area contributed by atoms with Crippen LogP contribution in [0.5, 0.6) is 0 Å². The van der Waals surface area contributed by atoms with Crippen LogP contribution in [0.3, 0.4) is 0 Å². The number of ether oxygens (including phenoxy) is 1. The fourth-order valence-corrected chi connectivity index (χ4v) is 3.19. The Balaban J connectivity index is 1.82. The molecule has 0 spiro atoms. The number of hydrogen-bond donors (Lipinski definition) is 1. The summed E-state index contributed by atoms with van der Waals surface area (Å²) in [4.78, 5) is 0. The van der Waals surface area contributed by atoms with E-state index in [2.05, 4.69) is 23.5 Å². The first-order valence-electron chi connectivity index (χ1n) is 6.42. The van der Waals surface area contributed by atoms with Crippen molar-refractivity contribution >= 4 is 11.6 Å². The van der Waals surface area contributed by atoms with Crippen LogP contribution in [0.4, 0.5) is 0 Å². The molecule has 2 nitrogen and oxygen atoms in total. The van der Waals surface area contributed by atoms with Gasteiger partial charge in [-0.15, -0.1) is 0 Å². The molecule has 3 heteroatoms. The summed E-state index contributed by atoms with van der Waals surface area (Å²) in [5.41, 5.74) is 2.64. The summed E-state index contributed by atoms with van der Waals surface area (Å²) in [7, 11) is 0. The minimum absolute atomic E-state index is 0.498. The molecule has 2 atom stereocenters. The summed E-state index contributed by atoms with van der Waals surface area (Å²) in [6.07, 6.45) is 2.33. The third-order valence-corrected chi connectivity index (χ3v) is 4.25. The van der Waals surface area contributed by atoms with Gasteiger partial charge in [0.15, 0.2) is 0 Å². The Hall–Kier alpha value is -0.570. The zero-order chi connectivity index (χ0) is 11.7. The first-order valence-corrected chi connectivity index (χ1v) is 6.80. The topological polar surface area (TPSA) is 21.3 Å². The van der Waals surface area contributed by atoms with E-state index < -0.39 is 0 Å². The van der Waals surface area contributed by atoms with Crippen LogP contribution in [-0.2, 0) is 4.74 Å². The second kappa shape index (κ2) is 4.97. The molecule has 1 aromatic rings. The van der Waals surface area contributed by atoms with Crippen molar-refractivity contribution in [2.75, 3.05) is 26.3 Å². The average Bonchev–Trinajstić information content (AvgIpc) is 3.02. The van der Waals surface area contributed by atoms with E-state index in [1.165, 1.54) is 17.5 Å². The van der Waals surface area contributed by atoms with Gasteiger partial charge in [0.2, 0.25) is 0 Å². The molecule has 0 amide bonds. The molecule has 2 aliphatic rings. The Morgan fingerprint density at radius 2 is 2.18 bits per heavy atom. The van der Waals surface area contributed by atoms with Crippen molar-refractivity contribution in [2.24, 2.45) is 0 Å². The average molecular weight is 252 g/mol. The predicted octanol–water partition coefficient (Wildman–Crippen LogP) is 2.92. The predicted molar refractivity (Wildman–Crippen MR) is 69.9 cm³/mol. The van der Waals surface area contributed by atoms with Crippen LogP contribution in [0.25, 0.3) is 0 Å². The van der Waals surface area contributed by atoms with Gasteiger partial charge in [-0.05, 0) is 42.5 Å². The Bertz CT molecular complexity index is 395. The molecule has 2 saturated heterocycles. The molecule has 3 rings (SSSR count). The first-order chi connectivity index (χ1) is 8.34. The molecule has 1 aromatic carbocycles. The molecule has 2 unspecified atom stereocenters. The van der Waals surface area contributed by atoms with Gasteiger partial charge in [-0.1, -0.05) is 23.7 Å². The Labute approximate surface area is 107 Å². The van der Waals surface area contributed by atoms with Crippen LogP contribution < -0.4 is 5.32 Å². The third kappa shape index (κ3) is 2.35. The summed E-state index contributed by atoms with van der Waals surface area (Å²) in [6.45, 7) is 3.90. The van der Waals surface area contributed by atoms with E-state index in [4.69, 9.17) is 16.3 Å². The highest BCUT2D eigenvalue weighted by molar-refractivity contribution is 6.31. The van der Waals surface area contributed by atoms with Gasteiger partial charge >= 0.3 is 0 Å². The van der Waals surface area contributed by atoms with Crippen molar-refractivity contribution in [2.45, 2.75) is 24.7 Å². The van der Waals surface area contributed by atoms with Crippen molar-refractivity contribution in [3.63, 3.8) is 0 Å². The first kappa shape index (κ1) is 11.5. The molecule has 92 valence electrons. The molecular weight excluding hydrogens is 234 g/mol. The van der Waals surface area contributed by atoms with Crippen LogP contribution in [0.2, 0.25) is 5.02 Å². The fourth-order valence-electron chi connectivity index (χ4n) is 2.85. The Kier molecular flexibility index (Phi) is 3.37. The molecule has 0 aromatic heterocycles. The van der Waals surface area contributed by atoms with Crippen molar-refractivity contribution in [3.05, 3.63) is 34.3 Å². The van der Waals surface area contributed by atoms with E-state index >= 15 is 0 Å². The molecule has 0 saturated carbocycles. The van der Waals surface area contributed by atoms with Gasteiger partial charge in [0.25, 0.3) is 0 Å². The van der Waals surface area contributed by atoms with E-state index in [1.807, 2.05) is 0 Å². The van der Waals surface area contributed by atoms with Crippen LogP contribution in [0.1, 0.15) is 35.8 Å². The summed E-state index contributed by atoms with van der Waals surface area (Å²) in [5, 5.41) is 4.32. The van der Waals surface area contributed by atoms with Gasteiger partial charge in [-0.3, -0.25) is 0 Å². The number of hydrogen-bond acceptors (Lipinski definition) is 2. The van der Waals surface area contributed by atoms with Crippen molar-refractivity contribution in [1.29, 1.82) is 0 Å². The zero-order valence-corrected chi connectivity index (χ0v) is 10.7. The van der Waals surface area contributed by atoms with E-state index in [9.17, 15) is 0 Å². The second-order valence-electron chi connectivity index (χ2n) is 5.03. The van der Waals surface area contributed by atoms with Gasteiger partial charge < -0.3 is 10.1 Å². The molecule has 0 aliphatic carbocycles. The van der Waals surface area contributed by atoms with Crippen LogP contribution in [0, 0.1) is 0 Å². The minimum atomic E-state index is 0.498. The summed E-state index contributed by atoms with van der Waals surface area (Å²) < 4.78 is 5.43. The maximum absolute atomic E-state index is 6.41. The molecule has 2 aliphatic heterocycles. The third-order valence-electron chi connectivity index (χ3n) is 3.93. The van der Waals surface area contributed by atoms with E-state index in [1.54, 1.807) is 0 Å². The SMILES string of the molecule is Clc1cc(C2CCNC2)ccc1C1CCOC1. The maximum Gasteiger partial charge on any atom is 0.0536 e. The quantitative estimate of drug-likeness (QED) is 0.873. The van der Waals surface area contributed by atoms with Gasteiger partial charge in [-0.25, -0.2) is 0 Å². The maximum atomic E-state index is 6.41. The van der Waals surface area contributed by atoms with E-state index in [0.29, 0.717) is 11.8 Å². The summed E-state index contributed by atoms with van der Waals surface area (Å²) >= 11 is 6.41. The molecule has 2 fully saturated rings. The largest absolute Gasteiger partial charge is 0.381 e. The van der Waals surface area contributed by atoms with Crippen LogP contribution >= 0.6 is 11.6 Å². The minimum Gasteiger partial charge on any atom is -0.381 e. The lowest BCUT2D eigenvalue weighted by molar-refractivity contribution is 0.194. The monoisotopic (exact) mass is 251 g/mol. The highest BCUT2D eigenvalue weighted by atomic mass is 35.5. The molecule has 0 bridgehead atoms. The van der Waals surface area contributed by atoms with Crippen molar-refractivity contribution in [1.82, 2.24) is 5.32 Å². The Morgan fingerprint density at radius 3 is 2.82 bits per heavy atom. The van der Waals surface area contributed by atoms with Gasteiger partial charge in [0, 0.05) is 24.1 Å². The molecule has 0 radical (unpaired) electrons. The van der Waals surface area contributed by atoms with Crippen LogP contribution in [-0.4, -0.2) is 26.3 Å².